The Kier molecular flexibility index (Phi) is 3.44. The van der Waals surface area contributed by atoms with Crippen LogP contribution in [0.4, 0.5) is 11.6 Å². The quantitative estimate of drug-likeness (QED) is 0.935. The minimum Gasteiger partial charge on any atom is -0.384 e. The Morgan fingerprint density at radius 2 is 2.09 bits per heavy atom. The maximum Gasteiger partial charge on any atom is 0.134 e. The lowest BCUT2D eigenvalue weighted by atomic mass is 9.97. The number of nitrogens with zero attached hydrogens (tertiary/aromatic N) is 5. The van der Waals surface area contributed by atoms with Crippen molar-refractivity contribution in [2.24, 2.45) is 5.92 Å². The van der Waals surface area contributed by atoms with Crippen LogP contribution in [-0.2, 0) is 6.54 Å². The van der Waals surface area contributed by atoms with E-state index in [4.69, 9.17) is 5.73 Å². The molecule has 3 heterocycles. The molecule has 0 unspecified atom stereocenters. The van der Waals surface area contributed by atoms with Crippen molar-refractivity contribution in [3.05, 3.63) is 30.6 Å². The highest BCUT2D eigenvalue weighted by atomic mass is 15.2. The van der Waals surface area contributed by atoms with Crippen LogP contribution in [0.3, 0.4) is 0 Å². The van der Waals surface area contributed by atoms with Crippen molar-refractivity contribution < 1.29 is 0 Å². The number of nitrogens with two attached hydrogens (primary N) is 1. The third-order valence-electron chi connectivity index (χ3n) is 4.68. The zero-order valence-electron chi connectivity index (χ0n) is 12.7. The summed E-state index contributed by atoms with van der Waals surface area (Å²) in [4.78, 5) is 15.3. The predicted octanol–water partition coefficient (Wildman–Crippen LogP) is 2.05. The van der Waals surface area contributed by atoms with Gasteiger partial charge in [0, 0.05) is 44.0 Å². The molecule has 0 amide bonds. The Hall–Kier alpha value is -2.11. The van der Waals surface area contributed by atoms with Gasteiger partial charge in [-0.2, -0.15) is 0 Å². The van der Waals surface area contributed by atoms with Crippen LogP contribution in [0.1, 0.15) is 37.4 Å². The minimum atomic E-state index is 0.471. The summed E-state index contributed by atoms with van der Waals surface area (Å²) in [6.07, 6.45) is 10.7. The van der Waals surface area contributed by atoms with Gasteiger partial charge in [0.1, 0.15) is 23.8 Å². The highest BCUT2D eigenvalue weighted by Gasteiger charge is 2.28. The molecule has 1 atom stereocenters. The molecule has 0 bridgehead atoms. The molecule has 1 aliphatic carbocycles. The van der Waals surface area contributed by atoms with Crippen molar-refractivity contribution in [2.75, 3.05) is 23.7 Å². The molecule has 6 heteroatoms. The summed E-state index contributed by atoms with van der Waals surface area (Å²) in [5, 5.41) is 0. The van der Waals surface area contributed by atoms with Crippen molar-refractivity contribution in [3.8, 4) is 0 Å². The Labute approximate surface area is 130 Å². The first kappa shape index (κ1) is 13.5. The third kappa shape index (κ3) is 2.77. The summed E-state index contributed by atoms with van der Waals surface area (Å²) in [5.74, 6) is 4.03. The average Bonchev–Trinajstić information content (AvgIpc) is 3.23. The van der Waals surface area contributed by atoms with E-state index in [1.54, 1.807) is 6.33 Å². The second kappa shape index (κ2) is 5.59. The molecular weight excluding hydrogens is 276 g/mol. The average molecular weight is 298 g/mol. The van der Waals surface area contributed by atoms with Gasteiger partial charge < -0.3 is 15.2 Å². The lowest BCUT2D eigenvalue weighted by molar-refractivity contribution is 0.461. The molecule has 2 aliphatic rings. The van der Waals surface area contributed by atoms with Crippen LogP contribution in [0.25, 0.3) is 0 Å². The molecular formula is C16H22N6. The van der Waals surface area contributed by atoms with Gasteiger partial charge in [-0.15, -0.1) is 0 Å². The van der Waals surface area contributed by atoms with E-state index in [-0.39, 0.29) is 0 Å². The zero-order chi connectivity index (χ0) is 14.9. The smallest absolute Gasteiger partial charge is 0.134 e. The maximum absolute atomic E-state index is 5.79. The van der Waals surface area contributed by atoms with Gasteiger partial charge >= 0.3 is 0 Å². The number of piperidine rings is 1. The van der Waals surface area contributed by atoms with Gasteiger partial charge in [0.05, 0.1) is 0 Å². The van der Waals surface area contributed by atoms with E-state index in [1.165, 1.54) is 25.1 Å². The molecule has 6 nitrogen and oxygen atoms in total. The number of anilines is 2. The van der Waals surface area contributed by atoms with Crippen LogP contribution >= 0.6 is 0 Å². The third-order valence-corrected chi connectivity index (χ3v) is 4.68. The summed E-state index contributed by atoms with van der Waals surface area (Å²) < 4.78 is 2.36. The maximum atomic E-state index is 5.79. The number of aromatic nitrogens is 4. The highest BCUT2D eigenvalue weighted by molar-refractivity contribution is 5.46. The van der Waals surface area contributed by atoms with E-state index in [0.717, 1.165) is 37.8 Å². The molecule has 0 radical (unpaired) electrons. The fourth-order valence-electron chi connectivity index (χ4n) is 3.34. The van der Waals surface area contributed by atoms with Gasteiger partial charge in [0.15, 0.2) is 0 Å². The Bertz CT molecular complexity index is 648. The number of hydrogen-bond donors (Lipinski definition) is 1. The lowest BCUT2D eigenvalue weighted by Gasteiger charge is -2.33. The van der Waals surface area contributed by atoms with E-state index in [1.807, 2.05) is 12.3 Å². The van der Waals surface area contributed by atoms with Crippen molar-refractivity contribution in [1.29, 1.82) is 0 Å². The monoisotopic (exact) mass is 298 g/mol. The zero-order valence-corrected chi connectivity index (χ0v) is 12.7. The van der Waals surface area contributed by atoms with Crippen molar-refractivity contribution in [2.45, 2.75) is 38.1 Å². The topological polar surface area (TPSA) is 72.9 Å². The van der Waals surface area contributed by atoms with Crippen LogP contribution < -0.4 is 10.6 Å². The Morgan fingerprint density at radius 1 is 1.18 bits per heavy atom. The van der Waals surface area contributed by atoms with Crippen molar-refractivity contribution in [1.82, 2.24) is 19.5 Å². The fourth-order valence-corrected chi connectivity index (χ4v) is 3.34. The molecule has 1 saturated heterocycles. The summed E-state index contributed by atoms with van der Waals surface area (Å²) >= 11 is 0. The van der Waals surface area contributed by atoms with Crippen LogP contribution in [0, 0.1) is 5.92 Å². The standard InChI is InChI=1S/C16H22N6/c17-14-8-15(20-11-19-14)21-6-1-2-13(10-21)16-18-5-7-22(16)9-12-3-4-12/h5,7-8,11-13H,1-4,6,9-10H2,(H2,17,19,20)/t13-/m1/s1. The number of nitrogen functional groups attached to an aromatic ring is 1. The molecule has 2 aromatic rings. The van der Waals surface area contributed by atoms with Gasteiger partial charge in [0.2, 0.25) is 0 Å². The normalized spacial score (nSPS) is 22.0. The van der Waals surface area contributed by atoms with Gasteiger partial charge in [-0.05, 0) is 31.6 Å². The molecule has 0 spiro atoms. The Morgan fingerprint density at radius 3 is 2.91 bits per heavy atom. The van der Waals surface area contributed by atoms with Crippen molar-refractivity contribution in [3.63, 3.8) is 0 Å². The van der Waals surface area contributed by atoms with E-state index in [2.05, 4.69) is 30.6 Å². The van der Waals surface area contributed by atoms with Crippen LogP contribution in [0.5, 0.6) is 0 Å². The van der Waals surface area contributed by atoms with Gasteiger partial charge in [-0.25, -0.2) is 15.0 Å². The largest absolute Gasteiger partial charge is 0.384 e. The summed E-state index contributed by atoms with van der Waals surface area (Å²) in [7, 11) is 0. The lowest BCUT2D eigenvalue weighted by Crippen LogP contribution is -2.36. The van der Waals surface area contributed by atoms with E-state index in [0.29, 0.717) is 11.7 Å². The van der Waals surface area contributed by atoms with Gasteiger partial charge in [0.25, 0.3) is 0 Å². The first-order chi connectivity index (χ1) is 10.8. The fraction of sp³-hybridized carbons (Fsp3) is 0.562. The van der Waals surface area contributed by atoms with E-state index in [9.17, 15) is 0 Å². The highest BCUT2D eigenvalue weighted by Crippen LogP contribution is 2.33. The van der Waals surface area contributed by atoms with Crippen LogP contribution in [-0.4, -0.2) is 32.6 Å². The number of rotatable bonds is 4. The van der Waals surface area contributed by atoms with Crippen LogP contribution in [0.2, 0.25) is 0 Å². The SMILES string of the molecule is Nc1cc(N2CCC[C@@H](c3nccn3CC3CC3)C2)ncn1. The second-order valence-corrected chi connectivity index (χ2v) is 6.47. The number of hydrogen-bond acceptors (Lipinski definition) is 5. The molecule has 1 aliphatic heterocycles. The molecule has 2 fully saturated rings. The van der Waals surface area contributed by atoms with Gasteiger partial charge in [-0.3, -0.25) is 0 Å². The van der Waals surface area contributed by atoms with Gasteiger partial charge in [-0.1, -0.05) is 0 Å². The molecule has 116 valence electrons. The van der Waals surface area contributed by atoms with E-state index < -0.39 is 0 Å². The molecule has 2 N–H and O–H groups in total. The second-order valence-electron chi connectivity index (χ2n) is 6.47. The summed E-state index contributed by atoms with van der Waals surface area (Å²) in [5.41, 5.74) is 5.79. The first-order valence-corrected chi connectivity index (χ1v) is 8.13. The number of imidazole rings is 1. The van der Waals surface area contributed by atoms with Crippen LogP contribution in [0.15, 0.2) is 24.8 Å². The molecule has 4 rings (SSSR count). The molecule has 1 saturated carbocycles. The first-order valence-electron chi connectivity index (χ1n) is 8.13. The molecule has 2 aromatic heterocycles. The van der Waals surface area contributed by atoms with E-state index >= 15 is 0 Å². The van der Waals surface area contributed by atoms with Crippen molar-refractivity contribution >= 4 is 11.6 Å². The summed E-state index contributed by atoms with van der Waals surface area (Å²) in [6.45, 7) is 3.11. The Balaban J connectivity index is 1.52. The molecule has 22 heavy (non-hydrogen) atoms. The minimum absolute atomic E-state index is 0.471. The predicted molar refractivity (Wildman–Crippen MR) is 85.6 cm³/mol. The molecule has 0 aromatic carbocycles. The summed E-state index contributed by atoms with van der Waals surface area (Å²) in [6, 6.07) is 1.86.